The van der Waals surface area contributed by atoms with Crippen LogP contribution in [-0.2, 0) is 4.74 Å². The molecule has 22 heavy (non-hydrogen) atoms. The zero-order chi connectivity index (χ0) is 16.3. The molecule has 1 aromatic heterocycles. The minimum Gasteiger partial charge on any atom is -0.444 e. The monoisotopic (exact) mass is 302 g/mol. The maximum atomic E-state index is 12.1. The summed E-state index contributed by atoms with van der Waals surface area (Å²) in [6.07, 6.45) is 2.14. The maximum absolute atomic E-state index is 12.1. The van der Waals surface area contributed by atoms with Crippen LogP contribution in [0, 0.1) is 11.3 Å². The summed E-state index contributed by atoms with van der Waals surface area (Å²) in [6, 6.07) is 5.89. The zero-order valence-electron chi connectivity index (χ0n) is 13.5. The fraction of sp³-hybridized carbons (Fsp3) is 0.562. The molecule has 0 spiro atoms. The van der Waals surface area contributed by atoms with E-state index in [1.807, 2.05) is 32.9 Å². The second-order valence-electron chi connectivity index (χ2n) is 6.46. The van der Waals surface area contributed by atoms with Crippen molar-refractivity contribution in [1.82, 2.24) is 9.88 Å². The number of ether oxygens (including phenoxy) is 1. The predicted octanol–water partition coefficient (Wildman–Crippen LogP) is 2.40. The number of carbonyl (C=O) groups excluding carboxylic acids is 1. The second kappa shape index (κ2) is 6.22. The summed E-state index contributed by atoms with van der Waals surface area (Å²) < 4.78 is 5.40. The number of rotatable bonds is 2. The molecule has 2 heterocycles. The van der Waals surface area contributed by atoms with Crippen molar-refractivity contribution in [2.45, 2.75) is 38.8 Å². The first-order valence-corrected chi connectivity index (χ1v) is 7.37. The lowest BCUT2D eigenvalue weighted by Gasteiger charge is -2.28. The van der Waals surface area contributed by atoms with Gasteiger partial charge in [0.2, 0.25) is 0 Å². The Kier molecular flexibility index (Phi) is 4.55. The Morgan fingerprint density at radius 3 is 2.91 bits per heavy atom. The van der Waals surface area contributed by atoms with Gasteiger partial charge in [0.1, 0.15) is 11.7 Å². The number of pyridine rings is 1. The Morgan fingerprint density at radius 1 is 1.55 bits per heavy atom. The molecule has 0 radical (unpaired) electrons. The van der Waals surface area contributed by atoms with Gasteiger partial charge in [-0.25, -0.2) is 9.78 Å². The van der Waals surface area contributed by atoms with E-state index < -0.39 is 5.60 Å². The quantitative estimate of drug-likeness (QED) is 0.839. The lowest BCUT2D eigenvalue weighted by atomic mass is 10.2. The third-order valence-corrected chi connectivity index (χ3v) is 3.63. The average Bonchev–Trinajstić information content (AvgIpc) is 2.94. The van der Waals surface area contributed by atoms with Gasteiger partial charge >= 0.3 is 6.09 Å². The third-order valence-electron chi connectivity index (χ3n) is 3.63. The van der Waals surface area contributed by atoms with Gasteiger partial charge in [0.15, 0.2) is 5.69 Å². The van der Waals surface area contributed by atoms with Gasteiger partial charge in [0, 0.05) is 26.3 Å². The summed E-state index contributed by atoms with van der Waals surface area (Å²) in [7, 11) is 1.76. The maximum Gasteiger partial charge on any atom is 0.410 e. The standard InChI is InChI=1S/C16H22N4O2/c1-16(2,3)22-15(21)19(4)12-7-9-20(11-12)14-6-5-8-18-13(14)10-17/h5-6,8,12H,7,9,11H2,1-4H3. The molecule has 1 unspecified atom stereocenters. The van der Waals surface area contributed by atoms with Crippen molar-refractivity contribution in [2.75, 3.05) is 25.0 Å². The van der Waals surface area contributed by atoms with Crippen LogP contribution in [0.4, 0.5) is 10.5 Å². The first-order valence-electron chi connectivity index (χ1n) is 7.37. The van der Waals surface area contributed by atoms with Gasteiger partial charge in [0.25, 0.3) is 0 Å². The van der Waals surface area contributed by atoms with Crippen molar-refractivity contribution in [3.05, 3.63) is 24.0 Å². The Balaban J connectivity index is 2.04. The van der Waals surface area contributed by atoms with Gasteiger partial charge in [-0.05, 0) is 39.3 Å². The minimum atomic E-state index is -0.499. The van der Waals surface area contributed by atoms with Crippen molar-refractivity contribution in [2.24, 2.45) is 0 Å². The lowest BCUT2D eigenvalue weighted by Crippen LogP contribution is -2.42. The number of nitriles is 1. The topological polar surface area (TPSA) is 69.5 Å². The summed E-state index contributed by atoms with van der Waals surface area (Å²) in [5.41, 5.74) is 0.745. The van der Waals surface area contributed by atoms with E-state index in [0.29, 0.717) is 12.2 Å². The van der Waals surface area contributed by atoms with Crippen LogP contribution < -0.4 is 4.90 Å². The molecule has 1 aliphatic heterocycles. The van der Waals surface area contributed by atoms with E-state index in [1.54, 1.807) is 18.1 Å². The predicted molar refractivity (Wildman–Crippen MR) is 83.6 cm³/mol. The second-order valence-corrected chi connectivity index (χ2v) is 6.46. The minimum absolute atomic E-state index is 0.0709. The summed E-state index contributed by atoms with van der Waals surface area (Å²) in [6.45, 7) is 7.03. The first-order chi connectivity index (χ1) is 10.3. The molecule has 1 aliphatic rings. The highest BCUT2D eigenvalue weighted by Crippen LogP contribution is 2.25. The van der Waals surface area contributed by atoms with E-state index in [2.05, 4.69) is 16.0 Å². The molecule has 1 aromatic rings. The number of anilines is 1. The first kappa shape index (κ1) is 16.1. The average molecular weight is 302 g/mol. The molecule has 1 fully saturated rings. The molecular weight excluding hydrogens is 280 g/mol. The van der Waals surface area contributed by atoms with Gasteiger partial charge in [-0.15, -0.1) is 0 Å². The highest BCUT2D eigenvalue weighted by molar-refractivity contribution is 5.68. The molecule has 2 rings (SSSR count). The van der Waals surface area contributed by atoms with Gasteiger partial charge in [-0.2, -0.15) is 5.26 Å². The smallest absolute Gasteiger partial charge is 0.410 e. The van der Waals surface area contributed by atoms with Crippen molar-refractivity contribution >= 4 is 11.8 Å². The highest BCUT2D eigenvalue weighted by atomic mass is 16.6. The fourth-order valence-corrected chi connectivity index (χ4v) is 2.50. The fourth-order valence-electron chi connectivity index (χ4n) is 2.50. The van der Waals surface area contributed by atoms with Crippen LogP contribution in [0.2, 0.25) is 0 Å². The number of amides is 1. The van der Waals surface area contributed by atoms with Gasteiger partial charge in [-0.1, -0.05) is 0 Å². The van der Waals surface area contributed by atoms with Crippen molar-refractivity contribution in [3.8, 4) is 6.07 Å². The molecule has 0 N–H and O–H groups in total. The molecule has 1 amide bonds. The molecule has 0 bridgehead atoms. The molecule has 118 valence electrons. The SMILES string of the molecule is CN(C(=O)OC(C)(C)C)C1CCN(c2cccnc2C#N)C1. The molecule has 0 saturated carbocycles. The van der Waals surface area contributed by atoms with Crippen LogP contribution in [0.15, 0.2) is 18.3 Å². The summed E-state index contributed by atoms with van der Waals surface area (Å²) in [5, 5.41) is 9.15. The van der Waals surface area contributed by atoms with Gasteiger partial charge in [0.05, 0.1) is 11.7 Å². The lowest BCUT2D eigenvalue weighted by molar-refractivity contribution is 0.0238. The van der Waals surface area contributed by atoms with E-state index in [4.69, 9.17) is 10.00 Å². The molecule has 1 saturated heterocycles. The number of likely N-dealkylation sites (N-methyl/N-ethyl adjacent to an activating group) is 1. The largest absolute Gasteiger partial charge is 0.444 e. The summed E-state index contributed by atoms with van der Waals surface area (Å²) in [4.78, 5) is 20.0. The third kappa shape index (κ3) is 3.67. The van der Waals surface area contributed by atoms with Crippen LogP contribution in [0.5, 0.6) is 0 Å². The van der Waals surface area contributed by atoms with E-state index in [0.717, 1.165) is 18.7 Å². The molecule has 6 heteroatoms. The van der Waals surface area contributed by atoms with E-state index in [1.165, 1.54) is 0 Å². The molecule has 0 aromatic carbocycles. The number of carbonyl (C=O) groups is 1. The highest BCUT2D eigenvalue weighted by Gasteiger charge is 2.31. The zero-order valence-corrected chi connectivity index (χ0v) is 13.5. The molecular formula is C16H22N4O2. The van der Waals surface area contributed by atoms with E-state index >= 15 is 0 Å². The number of nitrogens with zero attached hydrogens (tertiary/aromatic N) is 4. The number of hydrogen-bond donors (Lipinski definition) is 0. The Bertz CT molecular complexity index is 589. The van der Waals surface area contributed by atoms with Crippen molar-refractivity contribution in [3.63, 3.8) is 0 Å². The Labute approximate surface area is 131 Å². The van der Waals surface area contributed by atoms with E-state index in [9.17, 15) is 4.79 Å². The van der Waals surface area contributed by atoms with Crippen LogP contribution >= 0.6 is 0 Å². The van der Waals surface area contributed by atoms with Crippen LogP contribution in [-0.4, -0.2) is 47.8 Å². The van der Waals surface area contributed by atoms with Gasteiger partial charge in [-0.3, -0.25) is 0 Å². The summed E-state index contributed by atoms with van der Waals surface area (Å²) >= 11 is 0. The summed E-state index contributed by atoms with van der Waals surface area (Å²) in [5.74, 6) is 0. The Hall–Kier alpha value is -2.29. The normalized spacial score (nSPS) is 18.0. The van der Waals surface area contributed by atoms with Crippen LogP contribution in [0.1, 0.15) is 32.9 Å². The number of hydrogen-bond acceptors (Lipinski definition) is 5. The molecule has 6 nitrogen and oxygen atoms in total. The van der Waals surface area contributed by atoms with Gasteiger partial charge < -0.3 is 14.5 Å². The van der Waals surface area contributed by atoms with Crippen LogP contribution in [0.25, 0.3) is 0 Å². The number of aromatic nitrogens is 1. The van der Waals surface area contributed by atoms with Crippen molar-refractivity contribution in [1.29, 1.82) is 5.26 Å². The molecule has 1 atom stereocenters. The Morgan fingerprint density at radius 2 is 2.27 bits per heavy atom. The molecule has 0 aliphatic carbocycles. The van der Waals surface area contributed by atoms with Crippen LogP contribution in [0.3, 0.4) is 0 Å². The van der Waals surface area contributed by atoms with E-state index in [-0.39, 0.29) is 12.1 Å². The van der Waals surface area contributed by atoms with Crippen molar-refractivity contribution < 1.29 is 9.53 Å².